The molecular formula is C14H22BrClN2OS. The van der Waals surface area contributed by atoms with Crippen molar-refractivity contribution >= 4 is 46.0 Å². The topological polar surface area (TPSA) is 41.1 Å². The normalized spacial score (nSPS) is 10.0. The molecule has 0 atom stereocenters. The van der Waals surface area contributed by atoms with Crippen molar-refractivity contribution in [1.29, 1.82) is 0 Å². The molecule has 0 heterocycles. The van der Waals surface area contributed by atoms with E-state index in [9.17, 15) is 4.79 Å². The van der Waals surface area contributed by atoms with Crippen LogP contribution in [-0.2, 0) is 4.79 Å². The lowest BCUT2D eigenvalue weighted by Gasteiger charge is -2.09. The molecule has 0 spiro atoms. The molecule has 0 saturated carbocycles. The molecule has 1 rings (SSSR count). The Hall–Kier alpha value is -0.230. The Bertz CT molecular complexity index is 443. The van der Waals surface area contributed by atoms with Crippen molar-refractivity contribution in [2.45, 2.75) is 25.2 Å². The van der Waals surface area contributed by atoms with Gasteiger partial charge in [-0.2, -0.15) is 0 Å². The van der Waals surface area contributed by atoms with Gasteiger partial charge >= 0.3 is 0 Å². The van der Waals surface area contributed by atoms with E-state index in [1.165, 1.54) is 16.0 Å². The Balaban J connectivity index is 0.00000361. The van der Waals surface area contributed by atoms with E-state index in [1.807, 2.05) is 7.05 Å². The molecule has 0 aliphatic rings. The highest BCUT2D eigenvalue weighted by molar-refractivity contribution is 9.10. The highest BCUT2D eigenvalue weighted by Gasteiger charge is 2.06. The molecule has 0 bridgehead atoms. The van der Waals surface area contributed by atoms with Crippen LogP contribution in [0.2, 0.25) is 0 Å². The van der Waals surface area contributed by atoms with Crippen molar-refractivity contribution in [3.8, 4) is 0 Å². The monoisotopic (exact) mass is 380 g/mol. The van der Waals surface area contributed by atoms with Gasteiger partial charge in [0.15, 0.2) is 0 Å². The van der Waals surface area contributed by atoms with Crippen LogP contribution < -0.4 is 10.6 Å². The molecule has 2 N–H and O–H groups in total. The third-order valence-electron chi connectivity index (χ3n) is 2.74. The van der Waals surface area contributed by atoms with E-state index in [2.05, 4.69) is 52.5 Å². The molecule has 0 aliphatic heterocycles. The van der Waals surface area contributed by atoms with Crippen molar-refractivity contribution in [3.05, 3.63) is 27.7 Å². The maximum atomic E-state index is 11.7. The van der Waals surface area contributed by atoms with Crippen LogP contribution in [0.15, 0.2) is 21.5 Å². The smallest absolute Gasteiger partial charge is 0.230 e. The number of hydrogen-bond acceptors (Lipinski definition) is 3. The third-order valence-corrected chi connectivity index (χ3v) is 4.75. The van der Waals surface area contributed by atoms with Crippen LogP contribution in [0.5, 0.6) is 0 Å². The Morgan fingerprint density at radius 2 is 1.95 bits per heavy atom. The van der Waals surface area contributed by atoms with Gasteiger partial charge in [-0.05, 0) is 57.1 Å². The van der Waals surface area contributed by atoms with Crippen molar-refractivity contribution in [2.75, 3.05) is 25.9 Å². The number of carbonyl (C=O) groups is 1. The zero-order valence-electron chi connectivity index (χ0n) is 12.1. The van der Waals surface area contributed by atoms with Crippen LogP contribution in [0.4, 0.5) is 0 Å². The Labute approximate surface area is 140 Å². The number of aryl methyl sites for hydroxylation is 2. The highest BCUT2D eigenvalue weighted by atomic mass is 79.9. The lowest BCUT2D eigenvalue weighted by Crippen LogP contribution is -2.28. The number of carbonyl (C=O) groups excluding carboxylic acids is 1. The maximum absolute atomic E-state index is 11.7. The number of thioether (sulfide) groups is 1. The van der Waals surface area contributed by atoms with Crippen LogP contribution in [0.25, 0.3) is 0 Å². The van der Waals surface area contributed by atoms with E-state index in [-0.39, 0.29) is 18.3 Å². The Kier molecular flexibility index (Phi) is 10.4. The predicted octanol–water partition coefficient (Wildman–Crippen LogP) is 3.31. The lowest BCUT2D eigenvalue weighted by atomic mass is 10.2. The van der Waals surface area contributed by atoms with Gasteiger partial charge < -0.3 is 10.6 Å². The highest BCUT2D eigenvalue weighted by Crippen LogP contribution is 2.28. The van der Waals surface area contributed by atoms with Crippen LogP contribution in [0.1, 0.15) is 17.5 Å². The molecule has 0 radical (unpaired) electrons. The summed E-state index contributed by atoms with van der Waals surface area (Å²) in [4.78, 5) is 12.9. The standard InChI is InChI=1S/C14H21BrN2OS.ClH/c1-10-8-13(11(2)7-12(10)15)19-9-14(18)17-6-4-5-16-3;/h7-8,16H,4-6,9H2,1-3H3,(H,17,18);1H. The fourth-order valence-electron chi connectivity index (χ4n) is 1.60. The van der Waals surface area contributed by atoms with Crippen LogP contribution in [-0.4, -0.2) is 31.8 Å². The number of benzene rings is 1. The average molecular weight is 382 g/mol. The first kappa shape index (κ1) is 19.8. The van der Waals surface area contributed by atoms with Gasteiger partial charge in [0.2, 0.25) is 5.91 Å². The van der Waals surface area contributed by atoms with Gasteiger partial charge in [0.25, 0.3) is 0 Å². The second-order valence-electron chi connectivity index (χ2n) is 4.46. The van der Waals surface area contributed by atoms with E-state index in [4.69, 9.17) is 0 Å². The molecule has 0 saturated heterocycles. The van der Waals surface area contributed by atoms with Crippen molar-refractivity contribution in [1.82, 2.24) is 10.6 Å². The van der Waals surface area contributed by atoms with Crippen molar-refractivity contribution in [2.24, 2.45) is 0 Å². The van der Waals surface area contributed by atoms with E-state index >= 15 is 0 Å². The fraction of sp³-hybridized carbons (Fsp3) is 0.500. The molecule has 0 aromatic heterocycles. The summed E-state index contributed by atoms with van der Waals surface area (Å²) in [6.07, 6.45) is 0.962. The molecule has 1 aromatic rings. The first-order valence-corrected chi connectivity index (χ1v) is 8.13. The molecule has 6 heteroatoms. The second kappa shape index (κ2) is 10.5. The zero-order chi connectivity index (χ0) is 14.3. The number of rotatable bonds is 7. The van der Waals surface area contributed by atoms with E-state index in [1.54, 1.807) is 11.8 Å². The van der Waals surface area contributed by atoms with E-state index in [0.717, 1.165) is 24.0 Å². The number of halogens is 2. The quantitative estimate of drug-likeness (QED) is 0.562. The minimum absolute atomic E-state index is 0. The molecular weight excluding hydrogens is 360 g/mol. The van der Waals surface area contributed by atoms with E-state index < -0.39 is 0 Å². The molecule has 1 amide bonds. The predicted molar refractivity (Wildman–Crippen MR) is 93.1 cm³/mol. The molecule has 114 valence electrons. The number of amides is 1. The zero-order valence-corrected chi connectivity index (χ0v) is 15.3. The van der Waals surface area contributed by atoms with E-state index in [0.29, 0.717) is 5.75 Å². The number of nitrogens with one attached hydrogen (secondary N) is 2. The SMILES string of the molecule is CNCCCNC(=O)CSc1cc(C)c(Br)cc1C.Cl. The molecule has 0 fully saturated rings. The number of hydrogen-bond donors (Lipinski definition) is 2. The Morgan fingerprint density at radius 1 is 1.25 bits per heavy atom. The van der Waals surface area contributed by atoms with Crippen LogP contribution >= 0.6 is 40.1 Å². The molecule has 20 heavy (non-hydrogen) atoms. The van der Waals surface area contributed by atoms with Crippen molar-refractivity contribution < 1.29 is 4.79 Å². The van der Waals surface area contributed by atoms with Gasteiger partial charge in [-0.1, -0.05) is 15.9 Å². The summed E-state index contributed by atoms with van der Waals surface area (Å²) in [6.45, 7) is 5.79. The first-order chi connectivity index (χ1) is 9.04. The summed E-state index contributed by atoms with van der Waals surface area (Å²) in [5.74, 6) is 0.572. The van der Waals surface area contributed by atoms with Gasteiger partial charge in [-0.25, -0.2) is 0 Å². The average Bonchev–Trinajstić information content (AvgIpc) is 2.37. The Morgan fingerprint density at radius 3 is 2.60 bits per heavy atom. The van der Waals surface area contributed by atoms with Crippen LogP contribution in [0.3, 0.4) is 0 Å². The summed E-state index contributed by atoms with van der Waals surface area (Å²) in [7, 11) is 1.91. The fourth-order valence-corrected chi connectivity index (χ4v) is 2.99. The van der Waals surface area contributed by atoms with Crippen molar-refractivity contribution in [3.63, 3.8) is 0 Å². The van der Waals surface area contributed by atoms with Gasteiger partial charge in [0, 0.05) is 15.9 Å². The summed E-state index contributed by atoms with van der Waals surface area (Å²) in [5, 5.41) is 5.98. The largest absolute Gasteiger partial charge is 0.355 e. The van der Waals surface area contributed by atoms with Gasteiger partial charge in [-0.15, -0.1) is 24.2 Å². The second-order valence-corrected chi connectivity index (χ2v) is 6.33. The van der Waals surface area contributed by atoms with Gasteiger partial charge in [0.05, 0.1) is 5.75 Å². The summed E-state index contributed by atoms with van der Waals surface area (Å²) < 4.78 is 1.12. The summed E-state index contributed by atoms with van der Waals surface area (Å²) >= 11 is 5.11. The molecule has 0 unspecified atom stereocenters. The minimum Gasteiger partial charge on any atom is -0.355 e. The van der Waals surface area contributed by atoms with Crippen LogP contribution in [0, 0.1) is 13.8 Å². The first-order valence-electron chi connectivity index (χ1n) is 6.35. The van der Waals surface area contributed by atoms with Gasteiger partial charge in [0.1, 0.15) is 0 Å². The molecule has 3 nitrogen and oxygen atoms in total. The molecule has 1 aromatic carbocycles. The lowest BCUT2D eigenvalue weighted by molar-refractivity contribution is -0.118. The summed E-state index contributed by atoms with van der Waals surface area (Å²) in [5.41, 5.74) is 2.40. The molecule has 0 aliphatic carbocycles. The minimum atomic E-state index is 0. The van der Waals surface area contributed by atoms with Gasteiger partial charge in [-0.3, -0.25) is 4.79 Å². The third kappa shape index (κ3) is 6.97. The maximum Gasteiger partial charge on any atom is 0.230 e. The summed E-state index contributed by atoms with van der Waals surface area (Å²) in [6, 6.07) is 4.22.